The van der Waals surface area contributed by atoms with Crippen LogP contribution in [-0.4, -0.2) is 210 Å². The summed E-state index contributed by atoms with van der Waals surface area (Å²) < 4.78 is 80.7. The summed E-state index contributed by atoms with van der Waals surface area (Å²) in [4.78, 5) is 105. The maximum Gasteiger partial charge on any atom is 0.269 e. The molecule has 0 spiro atoms. The van der Waals surface area contributed by atoms with E-state index in [-0.39, 0.29) is 69.2 Å². The van der Waals surface area contributed by atoms with E-state index in [9.17, 15) is 51.3 Å². The van der Waals surface area contributed by atoms with Crippen molar-refractivity contribution in [2.45, 2.75) is 117 Å². The van der Waals surface area contributed by atoms with Crippen molar-refractivity contribution in [1.82, 2.24) is 68.4 Å². The fourth-order valence-electron chi connectivity index (χ4n) is 17.0. The average molecular weight is 2150 g/mol. The number of Topliss-reactive ketones (excluding diaryl/α,β-unsaturated/α-hetero) is 1. The molecule has 10 heterocycles. The number of thiazole rings is 1. The van der Waals surface area contributed by atoms with Gasteiger partial charge >= 0.3 is 0 Å². The van der Waals surface area contributed by atoms with Crippen molar-refractivity contribution in [3.05, 3.63) is 343 Å². The number of aromatic nitrogens is 8. The molecule has 3 N–H and O–H groups in total. The van der Waals surface area contributed by atoms with E-state index < -0.39 is 10.0 Å². The van der Waals surface area contributed by atoms with Crippen LogP contribution in [0.25, 0.3) is 38.6 Å². The molecule has 0 unspecified atom stereocenters. The third kappa shape index (κ3) is 31.0. The van der Waals surface area contributed by atoms with E-state index in [0.717, 1.165) is 131 Å². The number of hydrogen-bond donors (Lipinski definition) is 3. The Kier molecular flexibility index (Phi) is 38.4. The van der Waals surface area contributed by atoms with Gasteiger partial charge in [-0.1, -0.05) is 117 Å². The number of nitrogens with zero attached hydrogens (tertiary/aromatic N) is 15. The standard InChI is InChI=1S/C23H28N2OS2.C22H16BrN3O2S.C22H22F2N4O2.C21H23N5O4.C20H24N4O4S2/c26-22(20-8-10-21(11-9-20)23-27-14-3-15-28-23)24-16-18-4-6-19(7-5-18)17-25-12-1-2-13-25;23-15-5-9-17(10-6-15)29-18-11-7-16(8-12-18)25-21(27)13-26-14-24-20-4-2-1-3-19(20)22(26)28;23-18-5-1-16(2-6-18)13-20(29)14-27-9-11-28(12-10-27)15-21-25-22(26-30-21)17-3-7-19(24)8-4-17;1-2-29-19-6-4-3-5-18(19)21-22-20(30-23-21)15-24-11-13-25(14-12-24)16-7-9-17(10-8-16)26(27)28;1-2-28-17-7-6-15(12-18(17)30(26,27)24-8-4-3-5-9-24)21-19(25)13-16-14-23-10-11-29-20(23)22-16/h4-11,23H,1-3,12-17H2,(H,24,26);1-12,14H,13H2,(H,25,27);1-8H,9-15H2;3-10H,2,11-15H2,1H3;6-7,10-12,14H,2-5,8-9,13H2,1H3,(H,21,25). The van der Waals surface area contributed by atoms with E-state index >= 15 is 0 Å². The summed E-state index contributed by atoms with van der Waals surface area (Å²) in [5, 5.41) is 30.0. The number of rotatable bonds is 32. The van der Waals surface area contributed by atoms with Gasteiger partial charge in [0.2, 0.25) is 45.3 Å². The van der Waals surface area contributed by atoms with Crippen molar-refractivity contribution in [1.29, 1.82) is 0 Å². The normalized spacial score (nSPS) is 14.9. The van der Waals surface area contributed by atoms with Gasteiger partial charge in [-0.05, 0) is 244 Å². The molecule has 5 aromatic heterocycles. The fraction of sp³-hybridized carbons (Fsp3) is 0.306. The number of ether oxygens (including phenoxy) is 2. The van der Waals surface area contributed by atoms with E-state index in [1.165, 1.54) is 112 Å². The second kappa shape index (κ2) is 52.9. The van der Waals surface area contributed by atoms with E-state index in [4.69, 9.17) is 18.5 Å². The Morgan fingerprint density at radius 3 is 1.83 bits per heavy atom. The zero-order valence-electron chi connectivity index (χ0n) is 81.3. The minimum atomic E-state index is -3.70. The Hall–Kier alpha value is -13.2. The predicted molar refractivity (Wildman–Crippen MR) is 574 cm³/mol. The number of carbonyl (C=O) groups excluding carboxylic acids is 4. The number of halogens is 3. The molecule has 147 heavy (non-hydrogen) atoms. The minimum Gasteiger partial charge on any atom is -0.493 e. The highest BCUT2D eigenvalue weighted by molar-refractivity contribution is 9.10. The first-order chi connectivity index (χ1) is 71.5. The Bertz CT molecular complexity index is 7040. The molecule has 0 bridgehead atoms. The first-order valence-electron chi connectivity index (χ1n) is 48.8. The molecule has 0 atom stereocenters. The second-order valence-electron chi connectivity index (χ2n) is 35.4. The summed E-state index contributed by atoms with van der Waals surface area (Å²) in [6, 6.07) is 70.6. The number of sulfonamides is 1. The van der Waals surface area contributed by atoms with Gasteiger partial charge in [-0.3, -0.25) is 62.7 Å². The second-order valence-corrected chi connectivity index (χ2v) is 42.9. The lowest BCUT2D eigenvalue weighted by molar-refractivity contribution is -0.384. The van der Waals surface area contributed by atoms with Gasteiger partial charge in [-0.2, -0.15) is 14.3 Å². The fourth-order valence-corrected chi connectivity index (χ4v) is 23.4. The van der Waals surface area contributed by atoms with Crippen LogP contribution in [0.15, 0.2) is 294 Å². The number of fused-ring (bicyclic) bond motifs is 2. The van der Waals surface area contributed by atoms with Gasteiger partial charge < -0.3 is 39.4 Å². The van der Waals surface area contributed by atoms with Gasteiger partial charge in [0.15, 0.2) is 10.7 Å². The van der Waals surface area contributed by atoms with Crippen LogP contribution in [0.4, 0.5) is 31.5 Å². The van der Waals surface area contributed by atoms with Crippen LogP contribution in [0.1, 0.15) is 107 Å². The van der Waals surface area contributed by atoms with Crippen LogP contribution in [0.2, 0.25) is 0 Å². The van der Waals surface area contributed by atoms with Crippen molar-refractivity contribution in [2.24, 2.45) is 0 Å². The number of thioether (sulfide) groups is 2. The number of benzene rings is 10. The number of nitrogens with one attached hydrogen (secondary N) is 3. The number of hydrogen-bond acceptors (Lipinski definition) is 28. The van der Waals surface area contributed by atoms with Crippen LogP contribution < -0.4 is 35.9 Å². The van der Waals surface area contributed by atoms with Gasteiger partial charge in [0.05, 0.1) is 77.3 Å². The third-order valence-corrected chi connectivity index (χ3v) is 31.9. The number of anilines is 3. The van der Waals surface area contributed by atoms with Gasteiger partial charge in [-0.15, -0.1) is 34.9 Å². The predicted octanol–water partition coefficient (Wildman–Crippen LogP) is 19.5. The highest BCUT2D eigenvalue weighted by Crippen LogP contribution is 2.44. The third-order valence-electron chi connectivity index (χ3n) is 24.7. The number of piperidine rings is 1. The molecular weight excluding hydrogens is 2040 g/mol. The number of non-ortho nitro benzene ring substituents is 1. The molecule has 5 saturated heterocycles. The summed E-state index contributed by atoms with van der Waals surface area (Å²) in [5.74, 6) is 4.53. The number of para-hydroxylation sites is 2. The highest BCUT2D eigenvalue weighted by Gasteiger charge is 2.32. The molecule has 31 nitrogen and oxygen atoms in total. The quantitative estimate of drug-likeness (QED) is 0.0260. The van der Waals surface area contributed by atoms with E-state index in [1.807, 2.05) is 151 Å². The SMILES string of the molecule is CCOc1ccc(NC(=O)Cc2cn3ccsc3n2)cc1S(=O)(=O)N1CCCCC1.CCOc1ccccc1-c1noc(CN2CCN(c3ccc([N+](=O)[O-])cc3)CC2)n1.O=C(Cc1ccc(F)cc1)CN1CCN(Cc2nc(-c3ccc(F)cc3)no2)CC1.O=C(Cn1cnc2ccccc2c1=O)Nc1ccc(Sc2ccc(Br)cc2)cc1.O=C(NCc1ccc(CN2CCCC2)cc1)c1ccc(C2SCCCS2)cc1. The van der Waals surface area contributed by atoms with E-state index in [1.54, 1.807) is 90.6 Å². The monoisotopic (exact) mass is 2150 g/mol. The number of nitro groups is 1. The van der Waals surface area contributed by atoms with Crippen molar-refractivity contribution >= 4 is 135 Å². The summed E-state index contributed by atoms with van der Waals surface area (Å²) in [6.07, 6.45) is 12.2. The Morgan fingerprint density at radius 2 is 1.16 bits per heavy atom. The lowest BCUT2D eigenvalue weighted by Gasteiger charge is -2.35. The Balaban J connectivity index is 0.000000131. The van der Waals surface area contributed by atoms with Gasteiger partial charge in [-0.25, -0.2) is 27.2 Å². The van der Waals surface area contributed by atoms with Gasteiger partial charge in [0.25, 0.3) is 17.2 Å². The number of imidazole rings is 1. The summed E-state index contributed by atoms with van der Waals surface area (Å²) in [5.41, 5.74) is 10.1. The molecule has 5 aliphatic heterocycles. The van der Waals surface area contributed by atoms with E-state index in [2.05, 4.69) is 123 Å². The van der Waals surface area contributed by atoms with Crippen molar-refractivity contribution in [3.63, 3.8) is 0 Å². The number of carbonyl (C=O) groups is 4. The molecule has 0 saturated carbocycles. The van der Waals surface area contributed by atoms with Crippen LogP contribution in [0, 0.1) is 21.7 Å². The molecule has 5 fully saturated rings. The molecule has 15 aromatic rings. The minimum absolute atomic E-state index is 0.00311. The first-order valence-corrected chi connectivity index (χ1v) is 54.8. The summed E-state index contributed by atoms with van der Waals surface area (Å²) in [6.45, 7) is 17.6. The Labute approximate surface area is 876 Å². The summed E-state index contributed by atoms with van der Waals surface area (Å²) >= 11 is 10.6. The molecule has 0 aliphatic carbocycles. The number of nitro benzene ring substituents is 1. The van der Waals surface area contributed by atoms with Crippen LogP contribution >= 0.6 is 62.6 Å². The number of amides is 3. The smallest absolute Gasteiger partial charge is 0.269 e. The van der Waals surface area contributed by atoms with Crippen molar-refractivity contribution < 1.29 is 59.8 Å². The molecule has 39 heteroatoms. The van der Waals surface area contributed by atoms with Crippen LogP contribution in [-0.2, 0) is 70.0 Å². The highest BCUT2D eigenvalue weighted by atomic mass is 79.9. The van der Waals surface area contributed by atoms with Gasteiger partial charge in [0, 0.05) is 157 Å². The molecule has 20 rings (SSSR count). The Morgan fingerprint density at radius 1 is 0.571 bits per heavy atom. The van der Waals surface area contributed by atoms with Crippen LogP contribution in [0.5, 0.6) is 11.5 Å². The molecular formula is C108H113BrF2N18O13S5. The van der Waals surface area contributed by atoms with Crippen molar-refractivity contribution in [2.75, 3.05) is 125 Å². The maximum atomic E-state index is 13.2. The molecule has 5 aliphatic rings. The first kappa shape index (κ1) is 107. The number of piperazine rings is 2. The zero-order valence-corrected chi connectivity index (χ0v) is 87.0. The van der Waals surface area contributed by atoms with Gasteiger partial charge in [0.1, 0.15) is 34.6 Å². The van der Waals surface area contributed by atoms with Crippen LogP contribution in [0.3, 0.4) is 0 Å². The number of ketones is 1. The average Bonchev–Trinajstić information content (AvgIpc) is 1.69. The molecule has 10 aromatic carbocycles. The topological polar surface area (TPSA) is 350 Å². The molecule has 3 amide bonds. The lowest BCUT2D eigenvalue weighted by Crippen LogP contribution is -2.47. The molecule has 0 radical (unpaired) electrons. The van der Waals surface area contributed by atoms with E-state index in [0.29, 0.717) is 126 Å². The largest absolute Gasteiger partial charge is 0.493 e. The number of likely N-dealkylation sites (tertiary alicyclic amines) is 1. The summed E-state index contributed by atoms with van der Waals surface area (Å²) in [7, 11) is -3.70. The lowest BCUT2D eigenvalue weighted by atomic mass is 10.1. The molecule has 764 valence electrons. The maximum absolute atomic E-state index is 13.2. The van der Waals surface area contributed by atoms with Crippen molar-refractivity contribution in [3.8, 4) is 34.3 Å². The zero-order chi connectivity index (χ0) is 102.